The predicted octanol–water partition coefficient (Wildman–Crippen LogP) is 4.06. The van der Waals surface area contributed by atoms with Gasteiger partial charge in [0.2, 0.25) is 0 Å². The monoisotopic (exact) mass is 304 g/mol. The first-order valence-electron chi connectivity index (χ1n) is 7.16. The van der Waals surface area contributed by atoms with E-state index in [9.17, 15) is 0 Å². The van der Waals surface area contributed by atoms with Crippen molar-refractivity contribution in [3.63, 3.8) is 0 Å². The Balaban J connectivity index is 1.94. The molecule has 0 aliphatic heterocycles. The van der Waals surface area contributed by atoms with Crippen molar-refractivity contribution < 1.29 is 4.74 Å². The Morgan fingerprint density at radius 2 is 1.95 bits per heavy atom. The van der Waals surface area contributed by atoms with Gasteiger partial charge in [-0.1, -0.05) is 37.6 Å². The third-order valence-corrected chi connectivity index (χ3v) is 3.29. The minimum absolute atomic E-state index is 0.526. The van der Waals surface area contributed by atoms with E-state index >= 15 is 0 Å². The number of rotatable bonds is 7. The van der Waals surface area contributed by atoms with Crippen molar-refractivity contribution in [2.75, 3.05) is 6.54 Å². The van der Waals surface area contributed by atoms with Crippen molar-refractivity contribution in [1.82, 2.24) is 10.3 Å². The van der Waals surface area contributed by atoms with Crippen molar-refractivity contribution in [3.05, 3.63) is 58.9 Å². The van der Waals surface area contributed by atoms with Gasteiger partial charge in [-0.15, -0.1) is 0 Å². The fraction of sp³-hybridized carbons (Fsp3) is 0.353. The zero-order valence-corrected chi connectivity index (χ0v) is 13.2. The van der Waals surface area contributed by atoms with Crippen LogP contribution in [0.15, 0.2) is 42.7 Å². The number of pyridine rings is 1. The second-order valence-electron chi connectivity index (χ2n) is 5.42. The van der Waals surface area contributed by atoms with Crippen LogP contribution in [0.5, 0.6) is 5.75 Å². The predicted molar refractivity (Wildman–Crippen MR) is 86.6 cm³/mol. The van der Waals surface area contributed by atoms with E-state index in [0.29, 0.717) is 12.5 Å². The fourth-order valence-electron chi connectivity index (χ4n) is 1.93. The molecule has 0 radical (unpaired) electrons. The lowest BCUT2D eigenvalue weighted by molar-refractivity contribution is 0.301. The first kappa shape index (κ1) is 15.8. The molecule has 2 rings (SSSR count). The Bertz CT molecular complexity index is 555. The Labute approximate surface area is 131 Å². The Morgan fingerprint density at radius 1 is 1.19 bits per heavy atom. The third kappa shape index (κ3) is 5.37. The maximum absolute atomic E-state index is 5.90. The van der Waals surface area contributed by atoms with Gasteiger partial charge in [0.1, 0.15) is 12.4 Å². The molecule has 0 bridgehead atoms. The number of aromatic nitrogens is 1. The number of hydrogen-bond donors (Lipinski definition) is 1. The topological polar surface area (TPSA) is 34.2 Å². The minimum atomic E-state index is 0.526. The quantitative estimate of drug-likeness (QED) is 0.837. The highest BCUT2D eigenvalue weighted by molar-refractivity contribution is 6.30. The molecule has 112 valence electrons. The molecule has 0 saturated heterocycles. The maximum atomic E-state index is 5.90. The summed E-state index contributed by atoms with van der Waals surface area (Å²) in [6, 6.07) is 9.60. The Kier molecular flexibility index (Phi) is 6.03. The summed E-state index contributed by atoms with van der Waals surface area (Å²) in [5, 5.41) is 4.15. The van der Waals surface area contributed by atoms with Crippen molar-refractivity contribution in [1.29, 1.82) is 0 Å². The summed E-state index contributed by atoms with van der Waals surface area (Å²) in [7, 11) is 0. The van der Waals surface area contributed by atoms with E-state index in [1.807, 2.05) is 36.5 Å². The summed E-state index contributed by atoms with van der Waals surface area (Å²) < 4.78 is 5.90. The van der Waals surface area contributed by atoms with Gasteiger partial charge in [-0.05, 0) is 36.2 Å². The summed E-state index contributed by atoms with van der Waals surface area (Å²) >= 11 is 5.88. The highest BCUT2D eigenvalue weighted by atomic mass is 35.5. The molecule has 0 amide bonds. The molecule has 1 N–H and O–H groups in total. The molecule has 0 saturated carbocycles. The van der Waals surface area contributed by atoms with E-state index in [2.05, 4.69) is 24.1 Å². The van der Waals surface area contributed by atoms with Gasteiger partial charge < -0.3 is 10.1 Å². The zero-order valence-electron chi connectivity index (χ0n) is 12.5. The lowest BCUT2D eigenvalue weighted by Crippen LogP contribution is -2.19. The number of nitrogens with zero attached hydrogens (tertiary/aromatic N) is 1. The Hall–Kier alpha value is -1.58. The fourth-order valence-corrected chi connectivity index (χ4v) is 2.05. The SMILES string of the molecule is CC(C)CNCc1cnccc1OCc1ccc(Cl)cc1. The van der Waals surface area contributed by atoms with Gasteiger partial charge in [0, 0.05) is 29.5 Å². The molecule has 0 atom stereocenters. The molecule has 1 heterocycles. The van der Waals surface area contributed by atoms with E-state index in [4.69, 9.17) is 16.3 Å². The van der Waals surface area contributed by atoms with Gasteiger partial charge in [0.05, 0.1) is 0 Å². The maximum Gasteiger partial charge on any atom is 0.127 e. The van der Waals surface area contributed by atoms with Crippen LogP contribution in [0, 0.1) is 5.92 Å². The average Bonchev–Trinajstić information content (AvgIpc) is 2.47. The molecule has 3 nitrogen and oxygen atoms in total. The lowest BCUT2D eigenvalue weighted by atomic mass is 10.2. The summed E-state index contributed by atoms with van der Waals surface area (Å²) in [5.41, 5.74) is 2.17. The van der Waals surface area contributed by atoms with E-state index in [1.165, 1.54) is 0 Å². The van der Waals surface area contributed by atoms with Gasteiger partial charge in [-0.25, -0.2) is 0 Å². The van der Waals surface area contributed by atoms with E-state index in [-0.39, 0.29) is 0 Å². The molecule has 1 aromatic heterocycles. The largest absolute Gasteiger partial charge is 0.488 e. The highest BCUT2D eigenvalue weighted by Crippen LogP contribution is 2.19. The van der Waals surface area contributed by atoms with E-state index < -0.39 is 0 Å². The van der Waals surface area contributed by atoms with Gasteiger partial charge >= 0.3 is 0 Å². The molecule has 4 heteroatoms. The molecule has 0 aliphatic carbocycles. The van der Waals surface area contributed by atoms with Crippen LogP contribution in [-0.2, 0) is 13.2 Å². The summed E-state index contributed by atoms with van der Waals surface area (Å²) in [6.45, 7) is 6.65. The molecule has 0 spiro atoms. The van der Waals surface area contributed by atoms with E-state index in [1.54, 1.807) is 6.20 Å². The number of nitrogens with one attached hydrogen (secondary N) is 1. The second kappa shape index (κ2) is 8.01. The van der Waals surface area contributed by atoms with Crippen LogP contribution in [0.1, 0.15) is 25.0 Å². The van der Waals surface area contributed by atoms with Gasteiger partial charge in [-0.3, -0.25) is 4.98 Å². The second-order valence-corrected chi connectivity index (χ2v) is 5.86. The molecule has 0 unspecified atom stereocenters. The van der Waals surface area contributed by atoms with Crippen molar-refractivity contribution in [2.24, 2.45) is 5.92 Å². The number of hydrogen-bond acceptors (Lipinski definition) is 3. The normalized spacial score (nSPS) is 10.9. The first-order chi connectivity index (χ1) is 10.1. The van der Waals surface area contributed by atoms with Crippen LogP contribution in [-0.4, -0.2) is 11.5 Å². The summed E-state index contributed by atoms with van der Waals surface area (Å²) in [4.78, 5) is 4.17. The molecule has 0 aliphatic rings. The highest BCUT2D eigenvalue weighted by Gasteiger charge is 2.04. The molecular weight excluding hydrogens is 284 g/mol. The van der Waals surface area contributed by atoms with Crippen LogP contribution in [0.25, 0.3) is 0 Å². The minimum Gasteiger partial charge on any atom is -0.488 e. The van der Waals surface area contributed by atoms with Crippen LogP contribution in [0.2, 0.25) is 5.02 Å². The van der Waals surface area contributed by atoms with Crippen molar-refractivity contribution in [2.45, 2.75) is 27.0 Å². The molecule has 1 aromatic carbocycles. The molecule has 21 heavy (non-hydrogen) atoms. The van der Waals surface area contributed by atoms with Crippen LogP contribution < -0.4 is 10.1 Å². The van der Waals surface area contributed by atoms with Crippen LogP contribution >= 0.6 is 11.6 Å². The standard InChI is InChI=1S/C17H21ClN2O/c1-13(2)9-20-11-15-10-19-8-7-17(15)21-12-14-3-5-16(18)6-4-14/h3-8,10,13,20H,9,11-12H2,1-2H3. The summed E-state index contributed by atoms with van der Waals surface area (Å²) in [6.07, 6.45) is 3.60. The van der Waals surface area contributed by atoms with Gasteiger partial charge in [-0.2, -0.15) is 0 Å². The number of ether oxygens (including phenoxy) is 1. The van der Waals surface area contributed by atoms with Gasteiger partial charge in [0.15, 0.2) is 0 Å². The Morgan fingerprint density at radius 3 is 2.67 bits per heavy atom. The van der Waals surface area contributed by atoms with Crippen molar-refractivity contribution >= 4 is 11.6 Å². The number of benzene rings is 1. The van der Waals surface area contributed by atoms with Crippen LogP contribution in [0.4, 0.5) is 0 Å². The molecular formula is C17H21ClN2O. The zero-order chi connectivity index (χ0) is 15.1. The first-order valence-corrected chi connectivity index (χ1v) is 7.54. The average molecular weight is 305 g/mol. The summed E-state index contributed by atoms with van der Waals surface area (Å²) in [5.74, 6) is 1.50. The van der Waals surface area contributed by atoms with E-state index in [0.717, 1.165) is 35.0 Å². The smallest absolute Gasteiger partial charge is 0.127 e. The third-order valence-electron chi connectivity index (χ3n) is 3.03. The lowest BCUT2D eigenvalue weighted by Gasteiger charge is -2.12. The number of halogens is 1. The molecule has 2 aromatic rings. The van der Waals surface area contributed by atoms with Gasteiger partial charge in [0.25, 0.3) is 0 Å². The van der Waals surface area contributed by atoms with Crippen molar-refractivity contribution in [3.8, 4) is 5.75 Å². The molecule has 0 fully saturated rings. The van der Waals surface area contributed by atoms with Crippen LogP contribution in [0.3, 0.4) is 0 Å².